The molecule has 1 aromatic rings. The quantitative estimate of drug-likeness (QED) is 0.842. The molecule has 2 N–H and O–H groups in total. The van der Waals surface area contributed by atoms with Crippen molar-refractivity contribution in [3.8, 4) is 0 Å². The largest absolute Gasteiger partial charge is 0.379 e. The molecular formula is C12H17F2NO. The van der Waals surface area contributed by atoms with Gasteiger partial charge in [-0.15, -0.1) is 0 Å². The first-order valence-electron chi connectivity index (χ1n) is 5.29. The van der Waals surface area contributed by atoms with Crippen molar-refractivity contribution >= 4 is 0 Å². The van der Waals surface area contributed by atoms with E-state index < -0.39 is 17.7 Å². The second-order valence-electron chi connectivity index (χ2n) is 4.18. The van der Waals surface area contributed by atoms with Gasteiger partial charge in [0.15, 0.2) is 11.6 Å². The first kappa shape index (κ1) is 13.1. The maximum atomic E-state index is 13.3. The molecule has 0 saturated heterocycles. The van der Waals surface area contributed by atoms with Crippen LogP contribution in [0.1, 0.15) is 25.5 Å². The molecule has 1 atom stereocenters. The molecule has 0 fully saturated rings. The molecule has 2 nitrogen and oxygen atoms in total. The van der Waals surface area contributed by atoms with Crippen LogP contribution in [0.15, 0.2) is 18.2 Å². The molecule has 1 rings (SSSR count). The Balaban J connectivity index is 2.59. The molecule has 1 unspecified atom stereocenters. The van der Waals surface area contributed by atoms with Gasteiger partial charge in [-0.1, -0.05) is 26.0 Å². The van der Waals surface area contributed by atoms with Gasteiger partial charge < -0.3 is 10.5 Å². The Bertz CT molecular complexity index is 342. The first-order chi connectivity index (χ1) is 7.52. The van der Waals surface area contributed by atoms with Crippen molar-refractivity contribution in [2.45, 2.75) is 19.9 Å². The Morgan fingerprint density at radius 1 is 1.25 bits per heavy atom. The van der Waals surface area contributed by atoms with Gasteiger partial charge in [0, 0.05) is 12.2 Å². The van der Waals surface area contributed by atoms with Gasteiger partial charge >= 0.3 is 0 Å². The smallest absolute Gasteiger partial charge is 0.163 e. The number of benzene rings is 1. The molecule has 0 radical (unpaired) electrons. The van der Waals surface area contributed by atoms with Crippen molar-refractivity contribution in [3.05, 3.63) is 35.4 Å². The number of ether oxygens (including phenoxy) is 1. The predicted octanol–water partition coefficient (Wildman–Crippen LogP) is 2.64. The second kappa shape index (κ2) is 5.92. The van der Waals surface area contributed by atoms with Crippen molar-refractivity contribution in [2.75, 3.05) is 13.2 Å². The first-order valence-corrected chi connectivity index (χ1v) is 5.29. The standard InChI is InChI=1S/C12H17F2NO/c1-8(2)6-16-7-11(15)9-4-3-5-10(13)12(9)14/h3-5,8,11H,6-7,15H2,1-2H3. The zero-order valence-electron chi connectivity index (χ0n) is 9.54. The molecule has 0 aromatic heterocycles. The molecule has 0 spiro atoms. The lowest BCUT2D eigenvalue weighted by Crippen LogP contribution is -2.20. The fraction of sp³-hybridized carbons (Fsp3) is 0.500. The zero-order chi connectivity index (χ0) is 12.1. The van der Waals surface area contributed by atoms with E-state index in [9.17, 15) is 8.78 Å². The highest BCUT2D eigenvalue weighted by molar-refractivity contribution is 5.22. The van der Waals surface area contributed by atoms with E-state index in [4.69, 9.17) is 10.5 Å². The molecule has 0 aliphatic rings. The summed E-state index contributed by atoms with van der Waals surface area (Å²) in [6.07, 6.45) is 0. The van der Waals surface area contributed by atoms with Crippen molar-refractivity contribution < 1.29 is 13.5 Å². The third-order valence-corrected chi connectivity index (χ3v) is 2.13. The maximum absolute atomic E-state index is 13.3. The fourth-order valence-corrected chi connectivity index (χ4v) is 1.33. The number of hydrogen-bond acceptors (Lipinski definition) is 2. The van der Waals surface area contributed by atoms with Crippen LogP contribution >= 0.6 is 0 Å². The minimum absolute atomic E-state index is 0.156. The van der Waals surface area contributed by atoms with Crippen LogP contribution in [0.4, 0.5) is 8.78 Å². The molecule has 0 bridgehead atoms. The molecule has 90 valence electrons. The van der Waals surface area contributed by atoms with Crippen LogP contribution in [0.2, 0.25) is 0 Å². The van der Waals surface area contributed by atoms with Gasteiger partial charge in [-0.2, -0.15) is 0 Å². The van der Waals surface area contributed by atoms with Crippen molar-refractivity contribution in [2.24, 2.45) is 11.7 Å². The summed E-state index contributed by atoms with van der Waals surface area (Å²) in [5.74, 6) is -1.37. The molecule has 0 aliphatic carbocycles. The second-order valence-corrected chi connectivity index (χ2v) is 4.18. The van der Waals surface area contributed by atoms with Crippen LogP contribution in [-0.2, 0) is 4.74 Å². The lowest BCUT2D eigenvalue weighted by atomic mass is 10.1. The van der Waals surface area contributed by atoms with Crippen molar-refractivity contribution in [3.63, 3.8) is 0 Å². The van der Waals surface area contributed by atoms with E-state index >= 15 is 0 Å². The summed E-state index contributed by atoms with van der Waals surface area (Å²) in [7, 11) is 0. The van der Waals surface area contributed by atoms with Gasteiger partial charge in [-0.3, -0.25) is 0 Å². The topological polar surface area (TPSA) is 35.2 Å². The summed E-state index contributed by atoms with van der Waals surface area (Å²) in [5, 5.41) is 0. The normalized spacial score (nSPS) is 13.1. The molecule has 1 aromatic carbocycles. The molecule has 4 heteroatoms. The molecule has 0 heterocycles. The highest BCUT2D eigenvalue weighted by Crippen LogP contribution is 2.17. The van der Waals surface area contributed by atoms with Crippen molar-refractivity contribution in [1.29, 1.82) is 0 Å². The summed E-state index contributed by atoms with van der Waals surface area (Å²) < 4.78 is 31.5. The Labute approximate surface area is 94.4 Å². The van der Waals surface area contributed by atoms with E-state index in [-0.39, 0.29) is 12.2 Å². The average molecular weight is 229 g/mol. The average Bonchev–Trinajstić information content (AvgIpc) is 2.21. The van der Waals surface area contributed by atoms with Crippen LogP contribution in [0, 0.1) is 17.6 Å². The predicted molar refractivity (Wildman–Crippen MR) is 58.9 cm³/mol. The Hall–Kier alpha value is -1.00. The van der Waals surface area contributed by atoms with Gasteiger partial charge in [0.1, 0.15) is 0 Å². The van der Waals surface area contributed by atoms with Crippen LogP contribution in [0.25, 0.3) is 0 Å². The SMILES string of the molecule is CC(C)COCC(N)c1cccc(F)c1F. The lowest BCUT2D eigenvalue weighted by molar-refractivity contribution is 0.0975. The third-order valence-electron chi connectivity index (χ3n) is 2.13. The minimum Gasteiger partial charge on any atom is -0.379 e. The molecule has 0 aliphatic heterocycles. The number of hydrogen-bond donors (Lipinski definition) is 1. The minimum atomic E-state index is -0.886. The van der Waals surface area contributed by atoms with Crippen LogP contribution < -0.4 is 5.73 Å². The molecule has 16 heavy (non-hydrogen) atoms. The summed E-state index contributed by atoms with van der Waals surface area (Å²) in [5.41, 5.74) is 5.88. The number of nitrogens with two attached hydrogens (primary N) is 1. The van der Waals surface area contributed by atoms with Gasteiger partial charge in [0.25, 0.3) is 0 Å². The molecule has 0 saturated carbocycles. The molecule has 0 amide bonds. The summed E-state index contributed by atoms with van der Waals surface area (Å²) in [6, 6.07) is 3.35. The van der Waals surface area contributed by atoms with E-state index in [1.807, 2.05) is 13.8 Å². The lowest BCUT2D eigenvalue weighted by Gasteiger charge is -2.14. The fourth-order valence-electron chi connectivity index (χ4n) is 1.33. The van der Waals surface area contributed by atoms with Crippen molar-refractivity contribution in [1.82, 2.24) is 0 Å². The van der Waals surface area contributed by atoms with E-state index in [0.29, 0.717) is 12.5 Å². The number of halogens is 2. The van der Waals surface area contributed by atoms with Gasteiger partial charge in [0.05, 0.1) is 12.6 Å². The third kappa shape index (κ3) is 3.54. The maximum Gasteiger partial charge on any atom is 0.163 e. The monoisotopic (exact) mass is 229 g/mol. The van der Waals surface area contributed by atoms with E-state index in [0.717, 1.165) is 6.07 Å². The Kier molecular flexibility index (Phi) is 4.83. The Morgan fingerprint density at radius 3 is 2.56 bits per heavy atom. The van der Waals surface area contributed by atoms with E-state index in [2.05, 4.69) is 0 Å². The highest BCUT2D eigenvalue weighted by Gasteiger charge is 2.14. The molecular weight excluding hydrogens is 212 g/mol. The van der Waals surface area contributed by atoms with Gasteiger partial charge in [-0.25, -0.2) is 8.78 Å². The van der Waals surface area contributed by atoms with Gasteiger partial charge in [0.2, 0.25) is 0 Å². The summed E-state index contributed by atoms with van der Waals surface area (Å²) >= 11 is 0. The highest BCUT2D eigenvalue weighted by atomic mass is 19.2. The van der Waals surface area contributed by atoms with Crippen LogP contribution in [0.5, 0.6) is 0 Å². The number of rotatable bonds is 5. The van der Waals surface area contributed by atoms with Crippen LogP contribution in [0.3, 0.4) is 0 Å². The summed E-state index contributed by atoms with van der Waals surface area (Å²) in [4.78, 5) is 0. The zero-order valence-corrected chi connectivity index (χ0v) is 9.54. The Morgan fingerprint density at radius 2 is 1.94 bits per heavy atom. The van der Waals surface area contributed by atoms with E-state index in [1.165, 1.54) is 12.1 Å². The van der Waals surface area contributed by atoms with Crippen LogP contribution in [-0.4, -0.2) is 13.2 Å². The van der Waals surface area contributed by atoms with E-state index in [1.54, 1.807) is 0 Å². The van der Waals surface area contributed by atoms with Gasteiger partial charge in [-0.05, 0) is 12.0 Å². The summed E-state index contributed by atoms with van der Waals surface area (Å²) in [6.45, 7) is 4.77.